The summed E-state index contributed by atoms with van der Waals surface area (Å²) in [6.07, 6.45) is 4.97. The summed E-state index contributed by atoms with van der Waals surface area (Å²) in [4.78, 5) is 23.3. The smallest absolute Gasteiger partial charge is 0.303 e. The molecule has 0 aliphatic rings. The summed E-state index contributed by atoms with van der Waals surface area (Å²) < 4.78 is 3.18. The number of carbonyl (C=O) groups is 2. The molecular weight excluding hydrogens is 340 g/mol. The van der Waals surface area contributed by atoms with E-state index < -0.39 is 11.9 Å². The number of benzene rings is 1. The van der Waals surface area contributed by atoms with Crippen LogP contribution >= 0.6 is 15.9 Å². The number of hydrogen-bond donors (Lipinski definition) is 2. The molecule has 1 aromatic carbocycles. The molecule has 0 unspecified atom stereocenters. The lowest BCUT2D eigenvalue weighted by atomic mass is 10.2. The van der Waals surface area contributed by atoms with Gasteiger partial charge in [0, 0.05) is 23.4 Å². The Kier molecular flexibility index (Phi) is 7.17. The first-order valence-electron chi connectivity index (χ1n) is 6.11. The summed E-state index contributed by atoms with van der Waals surface area (Å²) in [7, 11) is 0. The zero-order chi connectivity index (χ0) is 15.7. The summed E-state index contributed by atoms with van der Waals surface area (Å²) in [6.45, 7) is 0.863. The third-order valence-electron chi connectivity index (χ3n) is 2.42. The number of carboxylic acids is 2. The van der Waals surface area contributed by atoms with Crippen molar-refractivity contribution in [3.63, 3.8) is 0 Å². The second kappa shape index (κ2) is 8.91. The average Bonchev–Trinajstić information content (AvgIpc) is 2.93. The van der Waals surface area contributed by atoms with Crippen molar-refractivity contribution >= 4 is 27.9 Å². The van der Waals surface area contributed by atoms with Gasteiger partial charge in [-0.1, -0.05) is 34.1 Å². The van der Waals surface area contributed by atoms with Crippen molar-refractivity contribution in [1.29, 1.82) is 0 Å². The highest BCUT2D eigenvalue weighted by Crippen LogP contribution is 2.16. The normalized spacial score (nSPS) is 9.57. The first kappa shape index (κ1) is 16.9. The fourth-order valence-electron chi connectivity index (χ4n) is 1.42. The molecule has 21 heavy (non-hydrogen) atoms. The fraction of sp³-hybridized carbons (Fsp3) is 0.214. The summed E-state index contributed by atoms with van der Waals surface area (Å²) in [5.74, 6) is -2.15. The molecule has 0 amide bonds. The number of aliphatic carboxylic acids is 2. The van der Waals surface area contributed by atoms with Crippen molar-refractivity contribution in [2.24, 2.45) is 0 Å². The van der Waals surface area contributed by atoms with Crippen LogP contribution in [-0.2, 0) is 16.1 Å². The van der Waals surface area contributed by atoms with Crippen LogP contribution in [0.25, 0.3) is 0 Å². The van der Waals surface area contributed by atoms with Crippen molar-refractivity contribution in [2.75, 3.05) is 0 Å². The summed E-state index contributed by atoms with van der Waals surface area (Å²) in [5.41, 5.74) is 1.26. The monoisotopic (exact) mass is 354 g/mol. The fourth-order valence-corrected chi connectivity index (χ4v) is 1.83. The van der Waals surface area contributed by atoms with Crippen LogP contribution in [0, 0.1) is 0 Å². The van der Waals surface area contributed by atoms with Gasteiger partial charge in [0.2, 0.25) is 0 Å². The Hall–Kier alpha value is -2.15. The number of rotatable bonds is 5. The molecule has 1 aromatic heterocycles. The van der Waals surface area contributed by atoms with E-state index in [1.807, 2.05) is 35.3 Å². The zero-order valence-electron chi connectivity index (χ0n) is 11.1. The number of carboxylic acid groups (broad SMARTS) is 2. The molecular formula is C14H15BrN2O4. The highest BCUT2D eigenvalue weighted by Gasteiger charge is 2.00. The second-order valence-electron chi connectivity index (χ2n) is 4.11. The maximum Gasteiger partial charge on any atom is 0.303 e. The van der Waals surface area contributed by atoms with Crippen LogP contribution < -0.4 is 0 Å². The van der Waals surface area contributed by atoms with E-state index in [1.165, 1.54) is 5.56 Å². The Bertz CT molecular complexity index is 570. The minimum atomic E-state index is -1.08. The zero-order valence-corrected chi connectivity index (χ0v) is 12.7. The van der Waals surface area contributed by atoms with Gasteiger partial charge in [-0.25, -0.2) is 4.98 Å². The van der Waals surface area contributed by atoms with E-state index in [4.69, 9.17) is 10.2 Å². The van der Waals surface area contributed by atoms with E-state index in [0.717, 1.165) is 11.0 Å². The molecule has 0 fully saturated rings. The van der Waals surface area contributed by atoms with Crippen molar-refractivity contribution in [3.8, 4) is 0 Å². The SMILES string of the molecule is Brc1ccccc1Cn1ccnc1.O=C(O)CCC(=O)O. The second-order valence-corrected chi connectivity index (χ2v) is 4.97. The van der Waals surface area contributed by atoms with Gasteiger partial charge in [-0.3, -0.25) is 9.59 Å². The lowest BCUT2D eigenvalue weighted by Gasteiger charge is -2.04. The van der Waals surface area contributed by atoms with Gasteiger partial charge < -0.3 is 14.8 Å². The van der Waals surface area contributed by atoms with Crippen LogP contribution in [0.2, 0.25) is 0 Å². The lowest BCUT2D eigenvalue weighted by Crippen LogP contribution is -2.00. The van der Waals surface area contributed by atoms with E-state index in [9.17, 15) is 9.59 Å². The number of hydrogen-bond acceptors (Lipinski definition) is 3. The molecule has 1 heterocycles. The topological polar surface area (TPSA) is 92.4 Å². The predicted octanol–water partition coefficient (Wildman–Crippen LogP) is 2.63. The molecule has 2 N–H and O–H groups in total. The number of nitrogens with zero attached hydrogens (tertiary/aromatic N) is 2. The standard InChI is InChI=1S/C10H9BrN2.C4H6O4/c11-10-4-2-1-3-9(10)7-13-6-5-12-8-13;5-3(6)1-2-4(7)8/h1-6,8H,7H2;1-2H2,(H,5,6)(H,7,8). The van der Waals surface area contributed by atoms with Gasteiger partial charge in [0.15, 0.2) is 0 Å². The van der Waals surface area contributed by atoms with Gasteiger partial charge in [0.1, 0.15) is 0 Å². The van der Waals surface area contributed by atoms with E-state index in [-0.39, 0.29) is 12.8 Å². The summed E-state index contributed by atoms with van der Waals surface area (Å²) in [6, 6.07) is 8.20. The van der Waals surface area contributed by atoms with Gasteiger partial charge in [-0.05, 0) is 11.6 Å². The van der Waals surface area contributed by atoms with Gasteiger partial charge in [-0.15, -0.1) is 0 Å². The molecule has 0 saturated carbocycles. The minimum Gasteiger partial charge on any atom is -0.481 e. The van der Waals surface area contributed by atoms with E-state index >= 15 is 0 Å². The van der Waals surface area contributed by atoms with Gasteiger partial charge in [0.05, 0.1) is 19.2 Å². The number of imidazole rings is 1. The van der Waals surface area contributed by atoms with E-state index in [1.54, 1.807) is 6.20 Å². The first-order chi connectivity index (χ1) is 9.99. The Balaban J connectivity index is 0.000000240. The van der Waals surface area contributed by atoms with Crippen LogP contribution in [0.4, 0.5) is 0 Å². The third kappa shape index (κ3) is 7.26. The van der Waals surface area contributed by atoms with Crippen molar-refractivity contribution in [2.45, 2.75) is 19.4 Å². The van der Waals surface area contributed by atoms with Crippen molar-refractivity contribution < 1.29 is 19.8 Å². The third-order valence-corrected chi connectivity index (χ3v) is 3.20. The molecule has 2 aromatic rings. The van der Waals surface area contributed by atoms with Crippen LogP contribution in [-0.4, -0.2) is 31.7 Å². The molecule has 7 heteroatoms. The predicted molar refractivity (Wildman–Crippen MR) is 80.0 cm³/mol. The quantitative estimate of drug-likeness (QED) is 0.860. The van der Waals surface area contributed by atoms with E-state index in [0.29, 0.717) is 0 Å². The van der Waals surface area contributed by atoms with Gasteiger partial charge in [0.25, 0.3) is 0 Å². The molecule has 0 aliphatic heterocycles. The Morgan fingerprint density at radius 2 is 1.76 bits per heavy atom. The van der Waals surface area contributed by atoms with Crippen LogP contribution in [0.15, 0.2) is 47.5 Å². The molecule has 2 rings (SSSR count). The van der Waals surface area contributed by atoms with Gasteiger partial charge in [-0.2, -0.15) is 0 Å². The first-order valence-corrected chi connectivity index (χ1v) is 6.91. The Morgan fingerprint density at radius 1 is 1.14 bits per heavy atom. The minimum absolute atomic E-state index is 0.296. The lowest BCUT2D eigenvalue weighted by molar-refractivity contribution is -0.143. The summed E-state index contributed by atoms with van der Waals surface area (Å²) in [5, 5.41) is 15.8. The maximum absolute atomic E-state index is 9.64. The highest BCUT2D eigenvalue weighted by molar-refractivity contribution is 9.10. The van der Waals surface area contributed by atoms with Crippen molar-refractivity contribution in [3.05, 3.63) is 53.0 Å². The van der Waals surface area contributed by atoms with E-state index in [2.05, 4.69) is 27.0 Å². The van der Waals surface area contributed by atoms with Crippen LogP contribution in [0.1, 0.15) is 18.4 Å². The molecule has 6 nitrogen and oxygen atoms in total. The number of aromatic nitrogens is 2. The highest BCUT2D eigenvalue weighted by atomic mass is 79.9. The van der Waals surface area contributed by atoms with Gasteiger partial charge >= 0.3 is 11.9 Å². The van der Waals surface area contributed by atoms with Crippen molar-refractivity contribution in [1.82, 2.24) is 9.55 Å². The Morgan fingerprint density at radius 3 is 2.24 bits per heavy atom. The Labute approximate surface area is 130 Å². The maximum atomic E-state index is 9.64. The molecule has 0 saturated heterocycles. The number of halogens is 1. The largest absolute Gasteiger partial charge is 0.481 e. The van der Waals surface area contributed by atoms with Crippen LogP contribution in [0.5, 0.6) is 0 Å². The van der Waals surface area contributed by atoms with Crippen LogP contribution in [0.3, 0.4) is 0 Å². The molecule has 0 radical (unpaired) electrons. The molecule has 112 valence electrons. The summed E-state index contributed by atoms with van der Waals surface area (Å²) >= 11 is 3.51. The average molecular weight is 355 g/mol. The molecule has 0 bridgehead atoms. The molecule has 0 atom stereocenters. The molecule has 0 aliphatic carbocycles. The molecule has 0 spiro atoms.